The number of ether oxygens (including phenoxy) is 1. The number of imidazole rings is 1. The summed E-state index contributed by atoms with van der Waals surface area (Å²) in [6, 6.07) is 8.26. The molecule has 6 nitrogen and oxygen atoms in total. The Morgan fingerprint density at radius 1 is 1.38 bits per heavy atom. The van der Waals surface area contributed by atoms with Gasteiger partial charge in [0.15, 0.2) is 5.82 Å². The van der Waals surface area contributed by atoms with Crippen LogP contribution in [-0.4, -0.2) is 58.7 Å². The molecule has 0 spiro atoms. The number of nitrogens with zero attached hydrogens (tertiary/aromatic N) is 2. The van der Waals surface area contributed by atoms with E-state index < -0.39 is 0 Å². The second-order valence-electron chi connectivity index (χ2n) is 7.23. The van der Waals surface area contributed by atoms with Gasteiger partial charge in [-0.1, -0.05) is 26.0 Å². The lowest BCUT2D eigenvalue weighted by molar-refractivity contribution is -0.0683. The molecule has 2 aromatic rings. The summed E-state index contributed by atoms with van der Waals surface area (Å²) in [6.45, 7) is 7.01. The van der Waals surface area contributed by atoms with Crippen molar-refractivity contribution in [1.29, 1.82) is 0 Å². The minimum Gasteiger partial charge on any atom is -0.375 e. The van der Waals surface area contributed by atoms with Crippen molar-refractivity contribution < 1.29 is 9.53 Å². The molecule has 2 fully saturated rings. The highest BCUT2D eigenvalue weighted by molar-refractivity contribution is 5.94. The maximum atomic E-state index is 12.5. The molecule has 128 valence electrons. The Morgan fingerprint density at radius 3 is 3.00 bits per heavy atom. The molecule has 0 bridgehead atoms. The van der Waals surface area contributed by atoms with E-state index in [4.69, 9.17) is 4.74 Å². The number of aromatic amines is 1. The van der Waals surface area contributed by atoms with Crippen molar-refractivity contribution in [3.8, 4) is 0 Å². The number of rotatable bonds is 3. The van der Waals surface area contributed by atoms with Crippen LogP contribution < -0.4 is 5.32 Å². The van der Waals surface area contributed by atoms with Gasteiger partial charge in [-0.2, -0.15) is 0 Å². The quantitative estimate of drug-likeness (QED) is 0.901. The van der Waals surface area contributed by atoms with E-state index in [1.54, 1.807) is 0 Å². The molecule has 2 N–H and O–H groups in total. The van der Waals surface area contributed by atoms with Gasteiger partial charge in [0.05, 0.1) is 23.7 Å². The number of nitrogens with one attached hydrogen (secondary N) is 2. The minimum atomic E-state index is -0.127. The first kappa shape index (κ1) is 15.6. The number of aromatic nitrogens is 2. The summed E-state index contributed by atoms with van der Waals surface area (Å²) in [7, 11) is 0. The highest BCUT2D eigenvalue weighted by Crippen LogP contribution is 2.26. The molecule has 2 aliphatic heterocycles. The third-order valence-electron chi connectivity index (χ3n) is 5.13. The van der Waals surface area contributed by atoms with Crippen molar-refractivity contribution in [2.75, 3.05) is 19.7 Å². The Labute approximate surface area is 141 Å². The molecular weight excluding hydrogens is 304 g/mol. The Hall–Kier alpha value is -1.92. The van der Waals surface area contributed by atoms with Crippen LogP contribution in [0.25, 0.3) is 11.0 Å². The number of carbonyl (C=O) groups excluding carboxylic acids is 1. The lowest BCUT2D eigenvalue weighted by Crippen LogP contribution is -2.48. The zero-order valence-corrected chi connectivity index (χ0v) is 14.2. The van der Waals surface area contributed by atoms with Crippen LogP contribution in [0.15, 0.2) is 24.3 Å². The van der Waals surface area contributed by atoms with E-state index in [1.807, 2.05) is 24.3 Å². The number of amides is 1. The maximum absolute atomic E-state index is 12.5. The Bertz CT molecular complexity index is 708. The van der Waals surface area contributed by atoms with Gasteiger partial charge in [-0.25, -0.2) is 4.98 Å². The van der Waals surface area contributed by atoms with Gasteiger partial charge in [0, 0.05) is 25.2 Å². The molecule has 2 aliphatic rings. The lowest BCUT2D eigenvalue weighted by Gasteiger charge is -2.36. The van der Waals surface area contributed by atoms with E-state index >= 15 is 0 Å². The average molecular weight is 328 g/mol. The SMILES string of the molecule is CC(C)[C@H]1CN2C[C@@H](NC(=O)c3nc4ccccc4[nH]3)C[C@H]2CO1. The van der Waals surface area contributed by atoms with E-state index in [0.717, 1.165) is 37.2 Å². The Balaban J connectivity index is 1.40. The number of morpholine rings is 1. The normalized spacial score (nSPS) is 27.5. The van der Waals surface area contributed by atoms with E-state index in [-0.39, 0.29) is 11.9 Å². The summed E-state index contributed by atoms with van der Waals surface area (Å²) in [5, 5.41) is 3.13. The highest BCUT2D eigenvalue weighted by atomic mass is 16.5. The largest absolute Gasteiger partial charge is 0.375 e. The summed E-state index contributed by atoms with van der Waals surface area (Å²) in [6.07, 6.45) is 1.24. The smallest absolute Gasteiger partial charge is 0.287 e. The molecule has 4 rings (SSSR count). The first-order valence-corrected chi connectivity index (χ1v) is 8.71. The molecule has 0 aliphatic carbocycles. The summed E-state index contributed by atoms with van der Waals surface area (Å²) < 4.78 is 5.96. The number of H-pyrrole nitrogens is 1. The number of hydrogen-bond acceptors (Lipinski definition) is 4. The Kier molecular flexibility index (Phi) is 4.02. The summed E-state index contributed by atoms with van der Waals surface area (Å²) in [5.41, 5.74) is 1.71. The standard InChI is InChI=1S/C18H24N4O2/c1-11(2)16-9-22-8-12(7-13(22)10-24-16)19-18(23)17-20-14-5-3-4-6-15(14)21-17/h3-6,11-13,16H,7-10H2,1-2H3,(H,19,23)(H,20,21)/t12-,13-,16+/m0/s1. The predicted molar refractivity (Wildman–Crippen MR) is 91.9 cm³/mol. The highest BCUT2D eigenvalue weighted by Gasteiger charge is 2.38. The van der Waals surface area contributed by atoms with E-state index in [1.165, 1.54) is 0 Å². The number of hydrogen-bond donors (Lipinski definition) is 2. The molecule has 3 heterocycles. The van der Waals surface area contributed by atoms with E-state index in [0.29, 0.717) is 23.9 Å². The van der Waals surface area contributed by atoms with Crippen LogP contribution in [0.1, 0.15) is 30.9 Å². The fraction of sp³-hybridized carbons (Fsp3) is 0.556. The van der Waals surface area contributed by atoms with Crippen LogP contribution in [-0.2, 0) is 4.74 Å². The van der Waals surface area contributed by atoms with Crippen LogP contribution in [0.3, 0.4) is 0 Å². The average Bonchev–Trinajstić information content (AvgIpc) is 3.17. The lowest BCUT2D eigenvalue weighted by atomic mass is 10.0. The van der Waals surface area contributed by atoms with Crippen molar-refractivity contribution >= 4 is 16.9 Å². The molecule has 6 heteroatoms. The Morgan fingerprint density at radius 2 is 2.21 bits per heavy atom. The van der Waals surface area contributed by atoms with Gasteiger partial charge in [0.25, 0.3) is 5.91 Å². The molecule has 0 unspecified atom stereocenters. The second-order valence-corrected chi connectivity index (χ2v) is 7.23. The number of para-hydroxylation sites is 2. The zero-order chi connectivity index (χ0) is 16.7. The van der Waals surface area contributed by atoms with Crippen molar-refractivity contribution in [3.63, 3.8) is 0 Å². The first-order chi connectivity index (χ1) is 11.6. The van der Waals surface area contributed by atoms with Gasteiger partial charge >= 0.3 is 0 Å². The van der Waals surface area contributed by atoms with Crippen LogP contribution >= 0.6 is 0 Å². The molecule has 1 aromatic carbocycles. The monoisotopic (exact) mass is 328 g/mol. The summed E-state index contributed by atoms with van der Waals surface area (Å²) in [4.78, 5) is 22.4. The van der Waals surface area contributed by atoms with Crippen molar-refractivity contribution in [2.45, 2.75) is 38.5 Å². The van der Waals surface area contributed by atoms with Gasteiger partial charge in [-0.15, -0.1) is 0 Å². The minimum absolute atomic E-state index is 0.127. The van der Waals surface area contributed by atoms with Gasteiger partial charge < -0.3 is 15.0 Å². The summed E-state index contributed by atoms with van der Waals surface area (Å²) >= 11 is 0. The number of carbonyl (C=O) groups is 1. The number of benzene rings is 1. The van der Waals surface area contributed by atoms with Gasteiger partial charge in [0.1, 0.15) is 0 Å². The van der Waals surface area contributed by atoms with Crippen LogP contribution in [0, 0.1) is 5.92 Å². The van der Waals surface area contributed by atoms with Crippen LogP contribution in [0.4, 0.5) is 0 Å². The fourth-order valence-electron chi connectivity index (χ4n) is 3.72. The van der Waals surface area contributed by atoms with Gasteiger partial charge in [-0.3, -0.25) is 9.69 Å². The van der Waals surface area contributed by atoms with Gasteiger partial charge in [0.2, 0.25) is 0 Å². The molecule has 1 aromatic heterocycles. The maximum Gasteiger partial charge on any atom is 0.287 e. The second kappa shape index (κ2) is 6.18. The molecule has 3 atom stereocenters. The third-order valence-corrected chi connectivity index (χ3v) is 5.13. The zero-order valence-electron chi connectivity index (χ0n) is 14.2. The molecule has 0 saturated carbocycles. The van der Waals surface area contributed by atoms with Crippen molar-refractivity contribution in [3.05, 3.63) is 30.1 Å². The predicted octanol–water partition coefficient (Wildman–Crippen LogP) is 1.79. The topological polar surface area (TPSA) is 70.2 Å². The van der Waals surface area contributed by atoms with Crippen molar-refractivity contribution in [2.24, 2.45) is 5.92 Å². The molecule has 1 amide bonds. The van der Waals surface area contributed by atoms with Crippen molar-refractivity contribution in [1.82, 2.24) is 20.2 Å². The first-order valence-electron chi connectivity index (χ1n) is 8.71. The summed E-state index contributed by atoms with van der Waals surface area (Å²) in [5.74, 6) is 0.782. The van der Waals surface area contributed by atoms with Crippen LogP contribution in [0.5, 0.6) is 0 Å². The molecule has 24 heavy (non-hydrogen) atoms. The van der Waals surface area contributed by atoms with E-state index in [9.17, 15) is 4.79 Å². The molecule has 0 radical (unpaired) electrons. The van der Waals surface area contributed by atoms with Crippen LogP contribution in [0.2, 0.25) is 0 Å². The third kappa shape index (κ3) is 2.91. The molecular formula is C18H24N4O2. The molecule has 2 saturated heterocycles. The number of fused-ring (bicyclic) bond motifs is 2. The fourth-order valence-corrected chi connectivity index (χ4v) is 3.72. The van der Waals surface area contributed by atoms with Gasteiger partial charge in [-0.05, 0) is 24.5 Å². The van der Waals surface area contributed by atoms with E-state index in [2.05, 4.69) is 34.0 Å².